The Bertz CT molecular complexity index is 465. The van der Waals surface area contributed by atoms with Crippen molar-refractivity contribution in [3.63, 3.8) is 0 Å². The normalized spacial score (nSPS) is 13.6. The number of hydrogen-bond donors (Lipinski definition) is 1. The number of rotatable bonds is 5. The molecule has 0 aliphatic heterocycles. The highest BCUT2D eigenvalue weighted by Crippen LogP contribution is 2.18. The van der Waals surface area contributed by atoms with Gasteiger partial charge in [0.1, 0.15) is 15.7 Å². The van der Waals surface area contributed by atoms with Gasteiger partial charge in [-0.05, 0) is 36.7 Å². The molecule has 0 fully saturated rings. The monoisotopic (exact) mass is 259 g/mol. The minimum absolute atomic E-state index is 0.0241. The second kappa shape index (κ2) is 5.60. The second-order valence-electron chi connectivity index (χ2n) is 4.26. The summed E-state index contributed by atoms with van der Waals surface area (Å²) in [5.74, 6) is -0.361. The molecule has 1 atom stereocenters. The first kappa shape index (κ1) is 14.1. The average molecular weight is 259 g/mol. The topological polar surface area (TPSA) is 46.2 Å². The maximum absolute atomic E-state index is 13.3. The summed E-state index contributed by atoms with van der Waals surface area (Å²) in [5, 5.41) is 3.06. The van der Waals surface area contributed by atoms with Crippen molar-refractivity contribution in [1.29, 1.82) is 0 Å². The molecule has 0 spiro atoms. The Labute approximate surface area is 102 Å². The van der Waals surface area contributed by atoms with Crippen LogP contribution in [0.4, 0.5) is 4.39 Å². The smallest absolute Gasteiger partial charge is 0.149 e. The minimum Gasteiger partial charge on any atom is -0.309 e. The predicted molar refractivity (Wildman–Crippen MR) is 67.3 cm³/mol. The van der Waals surface area contributed by atoms with Crippen molar-refractivity contribution in [3.8, 4) is 0 Å². The number of hydrogen-bond acceptors (Lipinski definition) is 3. The van der Waals surface area contributed by atoms with E-state index in [1.54, 1.807) is 6.92 Å². The highest BCUT2D eigenvalue weighted by atomic mass is 32.2. The van der Waals surface area contributed by atoms with Gasteiger partial charge in [0.25, 0.3) is 0 Å². The van der Waals surface area contributed by atoms with Crippen LogP contribution in [-0.2, 0) is 9.84 Å². The largest absolute Gasteiger partial charge is 0.309 e. The molecule has 1 aromatic rings. The van der Waals surface area contributed by atoms with Crippen LogP contribution in [0.2, 0.25) is 0 Å². The molecule has 0 aliphatic carbocycles. The lowest BCUT2D eigenvalue weighted by atomic mass is 10.1. The molecule has 1 aromatic carbocycles. The maximum Gasteiger partial charge on any atom is 0.149 e. The predicted octanol–water partition coefficient (Wildman–Crippen LogP) is 1.83. The van der Waals surface area contributed by atoms with Crippen molar-refractivity contribution >= 4 is 9.84 Å². The third-order valence-electron chi connectivity index (χ3n) is 2.39. The fourth-order valence-electron chi connectivity index (χ4n) is 1.79. The number of benzene rings is 1. The summed E-state index contributed by atoms with van der Waals surface area (Å²) >= 11 is 0. The van der Waals surface area contributed by atoms with Crippen molar-refractivity contribution in [1.82, 2.24) is 5.32 Å². The molecule has 17 heavy (non-hydrogen) atoms. The average Bonchev–Trinajstić information content (AvgIpc) is 2.13. The first-order chi connectivity index (χ1) is 7.81. The van der Waals surface area contributed by atoms with E-state index in [9.17, 15) is 12.8 Å². The molecule has 0 aliphatic rings. The van der Waals surface area contributed by atoms with E-state index in [1.165, 1.54) is 18.4 Å². The number of aryl methyl sites for hydroxylation is 1. The Balaban J connectivity index is 3.04. The summed E-state index contributed by atoms with van der Waals surface area (Å²) in [5.41, 5.74) is 1.46. The molecule has 0 saturated carbocycles. The first-order valence-corrected chi connectivity index (χ1v) is 7.56. The summed E-state index contributed by atoms with van der Waals surface area (Å²) in [4.78, 5) is 0. The molecule has 0 saturated heterocycles. The number of nitrogens with one attached hydrogen (secondary N) is 1. The molecular weight excluding hydrogens is 241 g/mol. The van der Waals surface area contributed by atoms with Crippen molar-refractivity contribution in [2.24, 2.45) is 0 Å². The van der Waals surface area contributed by atoms with E-state index in [1.807, 2.05) is 13.0 Å². The first-order valence-electron chi connectivity index (χ1n) is 5.50. The van der Waals surface area contributed by atoms with Gasteiger partial charge >= 0.3 is 0 Å². The van der Waals surface area contributed by atoms with E-state index in [0.717, 1.165) is 5.56 Å². The minimum atomic E-state index is -3.10. The van der Waals surface area contributed by atoms with Crippen LogP contribution in [0.3, 0.4) is 0 Å². The Kier molecular flexibility index (Phi) is 4.65. The van der Waals surface area contributed by atoms with Gasteiger partial charge in [-0.1, -0.05) is 13.0 Å². The Hall–Kier alpha value is -0.940. The maximum atomic E-state index is 13.3. The Morgan fingerprint density at radius 1 is 1.35 bits per heavy atom. The third-order valence-corrected chi connectivity index (χ3v) is 3.33. The standard InChI is InChI=1S/C12H18FNO2S/c1-4-14-12(8-17(3,15)16)10-5-9(2)6-11(13)7-10/h5-7,12,14H,4,8H2,1-3H3. The van der Waals surface area contributed by atoms with Crippen molar-refractivity contribution < 1.29 is 12.8 Å². The second-order valence-corrected chi connectivity index (χ2v) is 6.45. The van der Waals surface area contributed by atoms with Gasteiger partial charge < -0.3 is 5.32 Å². The van der Waals surface area contributed by atoms with Crippen LogP contribution >= 0.6 is 0 Å². The molecule has 5 heteroatoms. The fraction of sp³-hybridized carbons (Fsp3) is 0.500. The molecule has 96 valence electrons. The molecule has 1 N–H and O–H groups in total. The molecule has 3 nitrogen and oxygen atoms in total. The van der Waals surface area contributed by atoms with Gasteiger partial charge in [0.2, 0.25) is 0 Å². The summed E-state index contributed by atoms with van der Waals surface area (Å²) in [6.45, 7) is 4.31. The van der Waals surface area contributed by atoms with Crippen LogP contribution < -0.4 is 5.32 Å². The summed E-state index contributed by atoms with van der Waals surface area (Å²) in [6.07, 6.45) is 1.18. The molecule has 1 rings (SSSR count). The summed E-state index contributed by atoms with van der Waals surface area (Å²) in [7, 11) is -3.10. The van der Waals surface area contributed by atoms with Gasteiger partial charge in [0.15, 0.2) is 0 Å². The van der Waals surface area contributed by atoms with Gasteiger partial charge in [-0.2, -0.15) is 0 Å². The van der Waals surface area contributed by atoms with Crippen molar-refractivity contribution in [3.05, 3.63) is 35.1 Å². The molecule has 0 aromatic heterocycles. The lowest BCUT2D eigenvalue weighted by molar-refractivity contribution is 0.557. The van der Waals surface area contributed by atoms with Crippen LogP contribution in [0.5, 0.6) is 0 Å². The molecular formula is C12H18FNO2S. The molecule has 0 bridgehead atoms. The van der Waals surface area contributed by atoms with Crippen LogP contribution in [-0.4, -0.2) is 27.0 Å². The van der Waals surface area contributed by atoms with E-state index in [0.29, 0.717) is 12.1 Å². The lowest BCUT2D eigenvalue weighted by Crippen LogP contribution is -2.27. The van der Waals surface area contributed by atoms with Crippen LogP contribution in [0, 0.1) is 12.7 Å². The Morgan fingerprint density at radius 2 is 2.00 bits per heavy atom. The van der Waals surface area contributed by atoms with Gasteiger partial charge in [-0.3, -0.25) is 0 Å². The van der Waals surface area contributed by atoms with Crippen LogP contribution in [0.25, 0.3) is 0 Å². The summed E-state index contributed by atoms with van der Waals surface area (Å²) in [6, 6.07) is 4.25. The van der Waals surface area contributed by atoms with Crippen LogP contribution in [0.1, 0.15) is 24.1 Å². The SMILES string of the molecule is CCNC(CS(C)(=O)=O)c1cc(C)cc(F)c1. The molecule has 0 heterocycles. The third kappa shape index (κ3) is 4.83. The highest BCUT2D eigenvalue weighted by molar-refractivity contribution is 7.90. The fourth-order valence-corrected chi connectivity index (χ4v) is 2.70. The molecule has 1 unspecified atom stereocenters. The van der Waals surface area contributed by atoms with E-state index >= 15 is 0 Å². The molecule has 0 radical (unpaired) electrons. The number of sulfone groups is 1. The van der Waals surface area contributed by atoms with Gasteiger partial charge in [0.05, 0.1) is 5.75 Å². The van der Waals surface area contributed by atoms with E-state index in [2.05, 4.69) is 5.32 Å². The zero-order valence-electron chi connectivity index (χ0n) is 10.3. The van der Waals surface area contributed by atoms with Crippen LogP contribution in [0.15, 0.2) is 18.2 Å². The Morgan fingerprint density at radius 3 is 2.47 bits per heavy atom. The zero-order chi connectivity index (χ0) is 13.1. The lowest BCUT2D eigenvalue weighted by Gasteiger charge is -2.18. The van der Waals surface area contributed by atoms with E-state index < -0.39 is 9.84 Å². The van der Waals surface area contributed by atoms with Crippen molar-refractivity contribution in [2.75, 3.05) is 18.6 Å². The van der Waals surface area contributed by atoms with Crippen molar-refractivity contribution in [2.45, 2.75) is 19.9 Å². The van der Waals surface area contributed by atoms with Gasteiger partial charge in [-0.15, -0.1) is 0 Å². The summed E-state index contributed by atoms with van der Waals surface area (Å²) < 4.78 is 35.9. The number of halogens is 1. The van der Waals surface area contributed by atoms with Gasteiger partial charge in [-0.25, -0.2) is 12.8 Å². The van der Waals surface area contributed by atoms with E-state index in [4.69, 9.17) is 0 Å². The van der Waals surface area contributed by atoms with E-state index in [-0.39, 0.29) is 17.6 Å². The highest BCUT2D eigenvalue weighted by Gasteiger charge is 2.17. The quantitative estimate of drug-likeness (QED) is 0.877. The van der Waals surface area contributed by atoms with Gasteiger partial charge in [0, 0.05) is 12.3 Å². The zero-order valence-corrected chi connectivity index (χ0v) is 11.1. The molecule has 0 amide bonds.